The molecular weight excluding hydrogens is 156 g/mol. The van der Waals surface area contributed by atoms with Crippen LogP contribution < -0.4 is 0 Å². The molecule has 0 fully saturated rings. The normalized spacial score (nSPS) is 17.3. The van der Waals surface area contributed by atoms with Crippen LogP contribution in [0.5, 0.6) is 0 Å². The quantitative estimate of drug-likeness (QED) is 0.496. The summed E-state index contributed by atoms with van der Waals surface area (Å²) in [5, 5.41) is 5.45. The fourth-order valence-corrected chi connectivity index (χ4v) is 1.77. The van der Waals surface area contributed by atoms with Gasteiger partial charge in [0.25, 0.3) is 0 Å². The van der Waals surface area contributed by atoms with Crippen molar-refractivity contribution in [1.82, 2.24) is 0 Å². The van der Waals surface area contributed by atoms with Crippen molar-refractivity contribution in [2.24, 2.45) is 0 Å². The van der Waals surface area contributed by atoms with E-state index in [2.05, 4.69) is 10.8 Å². The van der Waals surface area contributed by atoms with Crippen LogP contribution in [0.15, 0.2) is 10.8 Å². The predicted octanol–water partition coefficient (Wildman–Crippen LogP) is 1.89. The van der Waals surface area contributed by atoms with Gasteiger partial charge in [0.15, 0.2) is 0 Å². The topological polar surface area (TPSA) is 0 Å². The fourth-order valence-electron chi connectivity index (χ4n) is 0.196. The molecule has 0 aliphatic carbocycles. The Balaban J connectivity index is 0.000000250. The summed E-state index contributed by atoms with van der Waals surface area (Å²) in [6.45, 7) is 0. The van der Waals surface area contributed by atoms with E-state index < -0.39 is 0 Å². The Kier molecular flexibility index (Phi) is 4.79. The van der Waals surface area contributed by atoms with Crippen LogP contribution in [0.4, 0.5) is 0 Å². The van der Waals surface area contributed by atoms with Crippen molar-refractivity contribution in [2.75, 3.05) is 5.08 Å². The first-order valence-electron chi connectivity index (χ1n) is 1.38. The molecule has 0 aromatic carbocycles. The van der Waals surface area contributed by atoms with Crippen molar-refractivity contribution < 1.29 is 17.1 Å². The molecule has 6 heavy (non-hydrogen) atoms. The predicted molar refractivity (Wildman–Crippen MR) is 29.2 cm³/mol. The van der Waals surface area contributed by atoms with Crippen molar-refractivity contribution >= 4 is 23.5 Å². The maximum absolute atomic E-state index is 2.12. The van der Waals surface area contributed by atoms with Crippen LogP contribution in [-0.4, -0.2) is 5.08 Å². The zero-order valence-corrected chi connectivity index (χ0v) is 5.77. The zero-order valence-electron chi connectivity index (χ0n) is 3.03. The second kappa shape index (κ2) is 4.13. The molecule has 1 aliphatic heterocycles. The van der Waals surface area contributed by atoms with Crippen LogP contribution >= 0.6 is 23.5 Å². The van der Waals surface area contributed by atoms with Gasteiger partial charge < -0.3 is 0 Å². The van der Waals surface area contributed by atoms with E-state index in [1.165, 1.54) is 5.08 Å². The Morgan fingerprint density at radius 1 is 1.17 bits per heavy atom. The molecule has 0 unspecified atom stereocenters. The standard InChI is InChI=1S/C3H4S2.Fe/c1-2-5-3-4-1;/h1-2H,3H2;. The van der Waals surface area contributed by atoms with E-state index >= 15 is 0 Å². The third kappa shape index (κ3) is 2.19. The molecule has 3 heteroatoms. The molecular formula is C3H4FeS2. The van der Waals surface area contributed by atoms with Crippen molar-refractivity contribution in [2.45, 2.75) is 0 Å². The summed E-state index contributed by atoms with van der Waals surface area (Å²) in [5.74, 6) is 0. The van der Waals surface area contributed by atoms with Gasteiger partial charge in [-0.2, -0.15) is 0 Å². The largest absolute Gasteiger partial charge is 0.122 e. The minimum absolute atomic E-state index is 0. The van der Waals surface area contributed by atoms with Crippen LogP contribution in [-0.2, 0) is 17.1 Å². The van der Waals surface area contributed by atoms with E-state index in [0.29, 0.717) is 0 Å². The van der Waals surface area contributed by atoms with Gasteiger partial charge in [0.2, 0.25) is 0 Å². The van der Waals surface area contributed by atoms with Crippen molar-refractivity contribution in [1.29, 1.82) is 0 Å². The number of hydrogen-bond donors (Lipinski definition) is 0. The molecule has 0 saturated carbocycles. The molecule has 0 N–H and O–H groups in total. The summed E-state index contributed by atoms with van der Waals surface area (Å²) in [7, 11) is 0. The third-order valence-corrected chi connectivity index (χ3v) is 2.30. The Bertz CT molecular complexity index is 46.8. The average Bonchev–Trinajstić information content (AvgIpc) is 1.76. The SMILES string of the molecule is C1=CSCS1.[Fe]. The third-order valence-electron chi connectivity index (χ3n) is 0.384. The van der Waals surface area contributed by atoms with Crippen LogP contribution in [0, 0.1) is 0 Å². The minimum Gasteiger partial charge on any atom is -0.122 e. The molecule has 36 valence electrons. The van der Waals surface area contributed by atoms with Gasteiger partial charge in [0.05, 0.1) is 0 Å². The number of hydrogen-bond acceptors (Lipinski definition) is 2. The number of thioether (sulfide) groups is 2. The second-order valence-corrected chi connectivity index (χ2v) is 2.88. The molecule has 0 radical (unpaired) electrons. The molecule has 0 atom stereocenters. The van der Waals surface area contributed by atoms with E-state index in [-0.39, 0.29) is 17.1 Å². The molecule has 0 bridgehead atoms. The van der Waals surface area contributed by atoms with Crippen molar-refractivity contribution in [3.05, 3.63) is 10.8 Å². The molecule has 0 aromatic heterocycles. The molecule has 0 amide bonds. The molecule has 0 nitrogen and oxygen atoms in total. The fraction of sp³-hybridized carbons (Fsp3) is 0.333. The van der Waals surface area contributed by atoms with E-state index in [1.54, 1.807) is 0 Å². The van der Waals surface area contributed by atoms with Crippen LogP contribution in [0.1, 0.15) is 0 Å². The van der Waals surface area contributed by atoms with Gasteiger partial charge in [-0.15, -0.1) is 23.5 Å². The Morgan fingerprint density at radius 3 is 1.83 bits per heavy atom. The molecule has 1 rings (SSSR count). The van der Waals surface area contributed by atoms with Crippen LogP contribution in [0.25, 0.3) is 0 Å². The first kappa shape index (κ1) is 6.96. The summed E-state index contributed by atoms with van der Waals surface area (Å²) in [4.78, 5) is 0. The van der Waals surface area contributed by atoms with Crippen molar-refractivity contribution in [3.63, 3.8) is 0 Å². The van der Waals surface area contributed by atoms with Crippen LogP contribution in [0.3, 0.4) is 0 Å². The first-order chi connectivity index (χ1) is 2.50. The molecule has 0 spiro atoms. The first-order valence-corrected chi connectivity index (χ1v) is 3.48. The summed E-state index contributed by atoms with van der Waals surface area (Å²) in [6.07, 6.45) is 0. The van der Waals surface area contributed by atoms with E-state index in [9.17, 15) is 0 Å². The minimum atomic E-state index is 0. The monoisotopic (exact) mass is 160 g/mol. The Hall–Kier alpha value is 0.959. The van der Waals surface area contributed by atoms with E-state index in [4.69, 9.17) is 0 Å². The van der Waals surface area contributed by atoms with Gasteiger partial charge in [0.1, 0.15) is 0 Å². The van der Waals surface area contributed by atoms with E-state index in [1.807, 2.05) is 23.5 Å². The molecule has 0 aromatic rings. The van der Waals surface area contributed by atoms with Crippen LogP contribution in [0.2, 0.25) is 0 Å². The summed E-state index contributed by atoms with van der Waals surface area (Å²) in [5.41, 5.74) is 0. The molecule has 0 saturated heterocycles. The van der Waals surface area contributed by atoms with Gasteiger partial charge in [-0.05, 0) is 10.8 Å². The smallest absolute Gasteiger partial charge is 0.0475 e. The Morgan fingerprint density at radius 2 is 1.67 bits per heavy atom. The zero-order chi connectivity index (χ0) is 3.54. The average molecular weight is 160 g/mol. The van der Waals surface area contributed by atoms with Crippen molar-refractivity contribution in [3.8, 4) is 0 Å². The van der Waals surface area contributed by atoms with Gasteiger partial charge in [-0.1, -0.05) is 0 Å². The molecule has 1 heterocycles. The van der Waals surface area contributed by atoms with Gasteiger partial charge in [-0.3, -0.25) is 0 Å². The maximum atomic E-state index is 2.12. The number of rotatable bonds is 0. The summed E-state index contributed by atoms with van der Waals surface area (Å²) < 4.78 is 0. The van der Waals surface area contributed by atoms with Gasteiger partial charge in [-0.25, -0.2) is 0 Å². The van der Waals surface area contributed by atoms with E-state index in [0.717, 1.165) is 0 Å². The molecule has 1 aliphatic rings. The summed E-state index contributed by atoms with van der Waals surface area (Å²) >= 11 is 3.71. The maximum Gasteiger partial charge on any atom is 0.0475 e. The van der Waals surface area contributed by atoms with Gasteiger partial charge >= 0.3 is 0 Å². The van der Waals surface area contributed by atoms with Gasteiger partial charge in [0, 0.05) is 22.2 Å². The second-order valence-electron chi connectivity index (χ2n) is 0.723. The Labute approximate surface area is 56.6 Å². The summed E-state index contributed by atoms with van der Waals surface area (Å²) in [6, 6.07) is 0.